The van der Waals surface area contributed by atoms with Gasteiger partial charge >= 0.3 is 0 Å². The highest BCUT2D eigenvalue weighted by Crippen LogP contribution is 2.17. The van der Waals surface area contributed by atoms with Crippen LogP contribution in [0.3, 0.4) is 0 Å². The van der Waals surface area contributed by atoms with Crippen LogP contribution in [0, 0.1) is 16.4 Å². The number of benzene rings is 1. The number of carbonyl (C=O) groups excluding carboxylic acids is 1. The third-order valence-electron chi connectivity index (χ3n) is 2.73. The summed E-state index contributed by atoms with van der Waals surface area (Å²) in [5.41, 5.74) is 7.91. The van der Waals surface area contributed by atoms with Gasteiger partial charge in [0.25, 0.3) is 0 Å². The minimum atomic E-state index is -0.0838. The van der Waals surface area contributed by atoms with Gasteiger partial charge in [-0.15, -0.1) is 0 Å². The number of anilines is 1. The van der Waals surface area contributed by atoms with Crippen molar-refractivity contribution >= 4 is 34.2 Å². The fourth-order valence-electron chi connectivity index (χ4n) is 1.33. The summed E-state index contributed by atoms with van der Waals surface area (Å²) >= 11 is 2.26. The van der Waals surface area contributed by atoms with Crippen molar-refractivity contribution in [1.29, 1.82) is 0 Å². The fourth-order valence-corrected chi connectivity index (χ4v) is 1.85. The molecule has 0 aromatic heterocycles. The molecule has 0 fully saturated rings. The molecular formula is C13H19IN2O. The molecule has 3 N–H and O–H groups in total. The first kappa shape index (κ1) is 14.4. The summed E-state index contributed by atoms with van der Waals surface area (Å²) < 4.78 is 1.15. The van der Waals surface area contributed by atoms with Crippen molar-refractivity contribution in [3.05, 3.63) is 27.3 Å². The number of halogens is 1. The maximum Gasteiger partial charge on any atom is 0.225 e. The highest BCUT2D eigenvalue weighted by atomic mass is 127. The van der Waals surface area contributed by atoms with Crippen LogP contribution in [0.5, 0.6) is 0 Å². The first-order valence-corrected chi connectivity index (χ1v) is 6.79. The number of hydrogen-bond acceptors (Lipinski definition) is 2. The second-order valence-electron chi connectivity index (χ2n) is 4.62. The van der Waals surface area contributed by atoms with E-state index >= 15 is 0 Å². The number of aryl methyl sites for hydroxylation is 1. The molecule has 0 bridgehead atoms. The van der Waals surface area contributed by atoms with E-state index in [-0.39, 0.29) is 11.9 Å². The van der Waals surface area contributed by atoms with Crippen LogP contribution in [-0.2, 0) is 4.79 Å². The zero-order chi connectivity index (χ0) is 13.0. The van der Waals surface area contributed by atoms with Gasteiger partial charge in [0.1, 0.15) is 0 Å². The predicted molar refractivity (Wildman–Crippen MR) is 80.0 cm³/mol. The summed E-state index contributed by atoms with van der Waals surface area (Å²) in [5.74, 6) is 0.296. The molecule has 1 aromatic carbocycles. The molecule has 3 nitrogen and oxygen atoms in total. The molecule has 0 aliphatic carbocycles. The van der Waals surface area contributed by atoms with Gasteiger partial charge in [-0.25, -0.2) is 0 Å². The van der Waals surface area contributed by atoms with E-state index in [0.29, 0.717) is 12.3 Å². The van der Waals surface area contributed by atoms with E-state index in [9.17, 15) is 4.79 Å². The van der Waals surface area contributed by atoms with Crippen molar-refractivity contribution in [2.75, 3.05) is 5.32 Å². The molecule has 0 saturated carbocycles. The van der Waals surface area contributed by atoms with Gasteiger partial charge in [-0.3, -0.25) is 4.79 Å². The normalized spacial score (nSPS) is 12.6. The van der Waals surface area contributed by atoms with Gasteiger partial charge in [0, 0.05) is 21.7 Å². The van der Waals surface area contributed by atoms with E-state index in [1.165, 1.54) is 5.56 Å². The average Bonchev–Trinajstić information content (AvgIpc) is 2.23. The largest absolute Gasteiger partial charge is 0.327 e. The summed E-state index contributed by atoms with van der Waals surface area (Å²) in [6.07, 6.45) is 0.363. The van der Waals surface area contributed by atoms with Gasteiger partial charge in [0.2, 0.25) is 5.91 Å². The minimum Gasteiger partial charge on any atom is -0.327 e. The molecule has 0 saturated heterocycles. The maximum absolute atomic E-state index is 11.7. The average molecular weight is 346 g/mol. The van der Waals surface area contributed by atoms with E-state index in [4.69, 9.17) is 5.73 Å². The second kappa shape index (κ2) is 6.35. The van der Waals surface area contributed by atoms with Crippen LogP contribution in [0.2, 0.25) is 0 Å². The molecule has 1 atom stereocenters. The third kappa shape index (κ3) is 4.63. The molecule has 0 heterocycles. The van der Waals surface area contributed by atoms with Gasteiger partial charge in [-0.1, -0.05) is 19.9 Å². The molecule has 1 unspecified atom stereocenters. The van der Waals surface area contributed by atoms with Crippen LogP contribution in [0.4, 0.5) is 5.69 Å². The molecule has 0 radical (unpaired) electrons. The van der Waals surface area contributed by atoms with Crippen molar-refractivity contribution in [3.63, 3.8) is 0 Å². The number of amides is 1. The molecule has 0 aliphatic rings. The lowest BCUT2D eigenvalue weighted by Gasteiger charge is -2.15. The molecule has 4 heteroatoms. The molecule has 1 rings (SSSR count). The topological polar surface area (TPSA) is 55.1 Å². The molecule has 0 aliphatic heterocycles. The smallest absolute Gasteiger partial charge is 0.225 e. The first-order chi connectivity index (χ1) is 7.90. The second-order valence-corrected chi connectivity index (χ2v) is 5.79. The van der Waals surface area contributed by atoms with E-state index in [1.807, 2.05) is 39.0 Å². The Balaban J connectivity index is 2.59. The molecular weight excluding hydrogens is 327 g/mol. The Morgan fingerprint density at radius 2 is 2.12 bits per heavy atom. The predicted octanol–water partition coefficient (Wildman–Crippen LogP) is 2.91. The number of nitrogens with one attached hydrogen (secondary N) is 1. The molecule has 1 amide bonds. The summed E-state index contributed by atoms with van der Waals surface area (Å²) in [4.78, 5) is 11.7. The van der Waals surface area contributed by atoms with Crippen LogP contribution in [0.25, 0.3) is 0 Å². The SMILES string of the molecule is Cc1ccc(NC(=O)CC(N)C(C)C)cc1I. The lowest BCUT2D eigenvalue weighted by molar-refractivity contribution is -0.116. The Bertz CT molecular complexity index is 404. The van der Waals surface area contributed by atoms with Crippen LogP contribution >= 0.6 is 22.6 Å². The van der Waals surface area contributed by atoms with E-state index in [0.717, 1.165) is 9.26 Å². The highest BCUT2D eigenvalue weighted by molar-refractivity contribution is 14.1. The number of nitrogens with two attached hydrogens (primary N) is 1. The zero-order valence-corrected chi connectivity index (χ0v) is 12.6. The van der Waals surface area contributed by atoms with Crippen LogP contribution in [0.1, 0.15) is 25.8 Å². The standard InChI is InChI=1S/C13H19IN2O/c1-8(2)12(15)7-13(17)16-10-5-4-9(3)11(14)6-10/h4-6,8,12H,7,15H2,1-3H3,(H,16,17). The van der Waals surface area contributed by atoms with Gasteiger partial charge in [-0.2, -0.15) is 0 Å². The van der Waals surface area contributed by atoms with Crippen molar-refractivity contribution < 1.29 is 4.79 Å². The highest BCUT2D eigenvalue weighted by Gasteiger charge is 2.13. The molecule has 1 aromatic rings. The summed E-state index contributed by atoms with van der Waals surface area (Å²) in [7, 11) is 0. The summed E-state index contributed by atoms with van der Waals surface area (Å²) in [5, 5.41) is 2.87. The Morgan fingerprint density at radius 1 is 1.47 bits per heavy atom. The van der Waals surface area contributed by atoms with Gasteiger partial charge < -0.3 is 11.1 Å². The summed E-state index contributed by atoms with van der Waals surface area (Å²) in [6.45, 7) is 6.08. The quantitative estimate of drug-likeness (QED) is 0.824. The third-order valence-corrected chi connectivity index (χ3v) is 3.90. The molecule has 94 valence electrons. The van der Waals surface area contributed by atoms with Gasteiger partial charge in [0.15, 0.2) is 0 Å². The van der Waals surface area contributed by atoms with Crippen molar-refractivity contribution in [2.24, 2.45) is 11.7 Å². The lowest BCUT2D eigenvalue weighted by Crippen LogP contribution is -2.31. The van der Waals surface area contributed by atoms with E-state index in [1.54, 1.807) is 0 Å². The summed E-state index contributed by atoms with van der Waals surface area (Å²) in [6, 6.07) is 5.80. The number of rotatable bonds is 4. The van der Waals surface area contributed by atoms with E-state index in [2.05, 4.69) is 27.9 Å². The molecule has 0 spiro atoms. The number of carbonyl (C=O) groups is 1. The van der Waals surface area contributed by atoms with Crippen molar-refractivity contribution in [2.45, 2.75) is 33.2 Å². The van der Waals surface area contributed by atoms with Crippen LogP contribution in [-0.4, -0.2) is 11.9 Å². The zero-order valence-electron chi connectivity index (χ0n) is 10.5. The van der Waals surface area contributed by atoms with Crippen LogP contribution < -0.4 is 11.1 Å². The Morgan fingerprint density at radius 3 is 2.65 bits per heavy atom. The van der Waals surface area contributed by atoms with Crippen molar-refractivity contribution in [1.82, 2.24) is 0 Å². The van der Waals surface area contributed by atoms with Crippen molar-refractivity contribution in [3.8, 4) is 0 Å². The fraction of sp³-hybridized carbons (Fsp3) is 0.462. The molecule has 17 heavy (non-hydrogen) atoms. The van der Waals surface area contributed by atoms with Gasteiger partial charge in [-0.05, 0) is 53.1 Å². The minimum absolute atomic E-state index is 0.0224. The monoisotopic (exact) mass is 346 g/mol. The maximum atomic E-state index is 11.7. The van der Waals surface area contributed by atoms with Crippen LogP contribution in [0.15, 0.2) is 18.2 Å². The Kier molecular flexibility index (Phi) is 5.39. The van der Waals surface area contributed by atoms with Gasteiger partial charge in [0.05, 0.1) is 0 Å². The lowest BCUT2D eigenvalue weighted by atomic mass is 10.0. The number of hydrogen-bond donors (Lipinski definition) is 2. The Labute approximate surface area is 116 Å². The van der Waals surface area contributed by atoms with E-state index < -0.39 is 0 Å². The Hall–Kier alpha value is -0.620. The first-order valence-electron chi connectivity index (χ1n) is 5.71.